The molecule has 1 aliphatic rings. The molecule has 2 N–H and O–H groups in total. The molecule has 0 bridgehead atoms. The summed E-state index contributed by atoms with van der Waals surface area (Å²) in [6.45, 7) is 0.843. The highest BCUT2D eigenvalue weighted by molar-refractivity contribution is 7.13. The summed E-state index contributed by atoms with van der Waals surface area (Å²) in [6.07, 6.45) is 8.12. The molecular formula is C23H31N3O3S. The maximum Gasteiger partial charge on any atom is 0.226 e. The second-order valence-corrected chi connectivity index (χ2v) is 9.03. The number of nitrogens with zero attached hydrogens (tertiary/aromatic N) is 2. The van der Waals surface area contributed by atoms with Crippen molar-refractivity contribution < 1.29 is 14.7 Å². The second kappa shape index (κ2) is 11.2. The van der Waals surface area contributed by atoms with Gasteiger partial charge in [-0.2, -0.15) is 0 Å². The molecule has 0 unspecified atom stereocenters. The molecule has 2 aromatic rings. The number of hydrogen-bond acceptors (Lipinski definition) is 5. The molecule has 1 heterocycles. The number of aromatic nitrogens is 1. The third kappa shape index (κ3) is 6.64. The first-order valence-electron chi connectivity index (χ1n) is 10.7. The fourth-order valence-electron chi connectivity index (χ4n) is 4.33. The lowest BCUT2D eigenvalue weighted by molar-refractivity contribution is -0.135. The van der Waals surface area contributed by atoms with Crippen molar-refractivity contribution in [3.8, 4) is 0 Å². The number of thiazole rings is 1. The van der Waals surface area contributed by atoms with Gasteiger partial charge in [-0.15, -0.1) is 11.3 Å². The second-order valence-electron chi connectivity index (χ2n) is 8.14. The van der Waals surface area contributed by atoms with E-state index in [0.29, 0.717) is 31.1 Å². The summed E-state index contributed by atoms with van der Waals surface area (Å²) in [5, 5.41) is 14.8. The molecule has 0 atom stereocenters. The number of anilines is 1. The maximum absolute atomic E-state index is 13.2. The zero-order chi connectivity index (χ0) is 21.2. The lowest BCUT2D eigenvalue weighted by atomic mass is 9.69. The molecule has 1 fully saturated rings. The summed E-state index contributed by atoms with van der Waals surface area (Å²) < 4.78 is 0. The van der Waals surface area contributed by atoms with E-state index in [9.17, 15) is 14.7 Å². The minimum absolute atomic E-state index is 0.0314. The predicted octanol–water partition coefficient (Wildman–Crippen LogP) is 3.88. The van der Waals surface area contributed by atoms with Crippen LogP contribution in [0.2, 0.25) is 0 Å². The van der Waals surface area contributed by atoms with E-state index in [1.54, 1.807) is 11.1 Å². The minimum atomic E-state index is -0.308. The number of nitrogens with one attached hydrogen (secondary N) is 1. The van der Waals surface area contributed by atoms with Crippen molar-refractivity contribution in [1.82, 2.24) is 9.88 Å². The summed E-state index contributed by atoms with van der Waals surface area (Å²) in [6, 6.07) is 10.1. The van der Waals surface area contributed by atoms with Crippen LogP contribution in [0.4, 0.5) is 5.13 Å². The summed E-state index contributed by atoms with van der Waals surface area (Å²) in [7, 11) is 0. The van der Waals surface area contributed by atoms with Crippen LogP contribution in [0.1, 0.15) is 50.5 Å². The molecule has 0 saturated heterocycles. The molecule has 1 aromatic carbocycles. The lowest BCUT2D eigenvalue weighted by Gasteiger charge is -2.38. The Balaban J connectivity index is 1.63. The zero-order valence-electron chi connectivity index (χ0n) is 17.4. The monoisotopic (exact) mass is 429 g/mol. The Kier molecular flexibility index (Phi) is 8.39. The van der Waals surface area contributed by atoms with Gasteiger partial charge in [0.05, 0.1) is 6.61 Å². The average Bonchev–Trinajstić information content (AvgIpc) is 3.25. The Morgan fingerprint density at radius 1 is 1.10 bits per heavy atom. The van der Waals surface area contributed by atoms with Gasteiger partial charge in [0.15, 0.2) is 5.13 Å². The molecule has 1 aromatic heterocycles. The SMILES string of the molecule is O=C(CC1(CC(=O)N(CCO)CCc2ccccc2)CCCCC1)Nc1nccs1. The number of aliphatic hydroxyl groups excluding tert-OH is 1. The molecule has 162 valence electrons. The third-order valence-corrected chi connectivity index (χ3v) is 6.58. The van der Waals surface area contributed by atoms with Gasteiger partial charge in [-0.25, -0.2) is 4.98 Å². The first kappa shape index (κ1) is 22.4. The highest BCUT2D eigenvalue weighted by Crippen LogP contribution is 2.43. The van der Waals surface area contributed by atoms with Gasteiger partial charge >= 0.3 is 0 Å². The standard InChI is InChI=1S/C23H31N3O3S/c27-15-14-26(13-9-19-7-3-1-4-8-19)21(29)18-23(10-5-2-6-11-23)17-20(28)25-22-24-12-16-30-22/h1,3-4,7-8,12,16,27H,2,5-6,9-11,13-15,17-18H2,(H,24,25,28). The lowest BCUT2D eigenvalue weighted by Crippen LogP contribution is -2.40. The van der Waals surface area contributed by atoms with Gasteiger partial charge in [0.2, 0.25) is 11.8 Å². The Hall–Kier alpha value is -2.25. The molecule has 6 nitrogen and oxygen atoms in total. The largest absolute Gasteiger partial charge is 0.395 e. The van der Waals surface area contributed by atoms with Gasteiger partial charge in [-0.05, 0) is 30.2 Å². The first-order chi connectivity index (χ1) is 14.6. The molecule has 1 saturated carbocycles. The Morgan fingerprint density at radius 3 is 2.53 bits per heavy atom. The maximum atomic E-state index is 13.2. The van der Waals surface area contributed by atoms with Crippen molar-refractivity contribution in [3.63, 3.8) is 0 Å². The number of amides is 2. The molecule has 7 heteroatoms. The molecular weight excluding hydrogens is 398 g/mol. The van der Waals surface area contributed by atoms with Gasteiger partial charge in [-0.1, -0.05) is 49.6 Å². The van der Waals surface area contributed by atoms with Crippen molar-refractivity contribution in [2.24, 2.45) is 5.41 Å². The topological polar surface area (TPSA) is 82.5 Å². The van der Waals surface area contributed by atoms with E-state index in [1.807, 2.05) is 35.7 Å². The highest BCUT2D eigenvalue weighted by atomic mass is 32.1. The Labute approximate surface area is 182 Å². The summed E-state index contributed by atoms with van der Waals surface area (Å²) in [5.41, 5.74) is 0.861. The quantitative estimate of drug-likeness (QED) is 0.601. The number of aliphatic hydroxyl groups is 1. The van der Waals surface area contributed by atoms with Gasteiger partial charge < -0.3 is 15.3 Å². The van der Waals surface area contributed by atoms with Gasteiger partial charge in [-0.3, -0.25) is 9.59 Å². The fraction of sp³-hybridized carbons (Fsp3) is 0.522. The summed E-state index contributed by atoms with van der Waals surface area (Å²) >= 11 is 1.40. The number of carbonyl (C=O) groups excluding carboxylic acids is 2. The van der Waals surface area contributed by atoms with Crippen LogP contribution in [0.5, 0.6) is 0 Å². The number of carbonyl (C=O) groups is 2. The predicted molar refractivity (Wildman–Crippen MR) is 119 cm³/mol. The first-order valence-corrected chi connectivity index (χ1v) is 11.6. The van der Waals surface area contributed by atoms with Crippen molar-refractivity contribution in [2.45, 2.75) is 51.4 Å². The highest BCUT2D eigenvalue weighted by Gasteiger charge is 2.37. The van der Waals surface area contributed by atoms with Crippen LogP contribution >= 0.6 is 11.3 Å². The van der Waals surface area contributed by atoms with Crippen molar-refractivity contribution in [3.05, 3.63) is 47.5 Å². The number of benzene rings is 1. The molecule has 0 radical (unpaired) electrons. The fourth-order valence-corrected chi connectivity index (χ4v) is 4.88. The van der Waals surface area contributed by atoms with Crippen LogP contribution in [0.3, 0.4) is 0 Å². The zero-order valence-corrected chi connectivity index (χ0v) is 18.2. The van der Waals surface area contributed by atoms with Crippen LogP contribution in [-0.2, 0) is 16.0 Å². The van der Waals surface area contributed by atoms with Crippen molar-refractivity contribution in [2.75, 3.05) is 25.0 Å². The summed E-state index contributed by atoms with van der Waals surface area (Å²) in [5.74, 6) is -0.0402. The normalized spacial score (nSPS) is 15.5. The summed E-state index contributed by atoms with van der Waals surface area (Å²) in [4.78, 5) is 31.7. The molecule has 0 aliphatic heterocycles. The smallest absolute Gasteiger partial charge is 0.226 e. The van der Waals surface area contributed by atoms with E-state index in [4.69, 9.17) is 0 Å². The molecule has 30 heavy (non-hydrogen) atoms. The van der Waals surface area contributed by atoms with E-state index < -0.39 is 0 Å². The van der Waals surface area contributed by atoms with Crippen LogP contribution in [-0.4, -0.2) is 46.5 Å². The van der Waals surface area contributed by atoms with Crippen LogP contribution in [0, 0.1) is 5.41 Å². The third-order valence-electron chi connectivity index (χ3n) is 5.89. The van der Waals surface area contributed by atoms with Gasteiger partial charge in [0.1, 0.15) is 0 Å². The van der Waals surface area contributed by atoms with Crippen molar-refractivity contribution >= 4 is 28.3 Å². The number of rotatable bonds is 10. The molecule has 0 spiro atoms. The van der Waals surface area contributed by atoms with E-state index in [2.05, 4.69) is 10.3 Å². The van der Waals surface area contributed by atoms with E-state index in [1.165, 1.54) is 16.9 Å². The molecule has 1 aliphatic carbocycles. The van der Waals surface area contributed by atoms with E-state index >= 15 is 0 Å². The van der Waals surface area contributed by atoms with Crippen LogP contribution in [0.25, 0.3) is 0 Å². The Bertz CT molecular complexity index is 789. The number of hydrogen-bond donors (Lipinski definition) is 2. The van der Waals surface area contributed by atoms with Crippen molar-refractivity contribution in [1.29, 1.82) is 0 Å². The van der Waals surface area contributed by atoms with Crippen LogP contribution in [0.15, 0.2) is 41.9 Å². The molecule has 3 rings (SSSR count). The van der Waals surface area contributed by atoms with E-state index in [-0.39, 0.29) is 23.8 Å². The average molecular weight is 430 g/mol. The van der Waals surface area contributed by atoms with Gasteiger partial charge in [0, 0.05) is 37.5 Å². The van der Waals surface area contributed by atoms with E-state index in [0.717, 1.165) is 38.5 Å². The minimum Gasteiger partial charge on any atom is -0.395 e. The van der Waals surface area contributed by atoms with Crippen LogP contribution < -0.4 is 5.32 Å². The van der Waals surface area contributed by atoms with Gasteiger partial charge in [0.25, 0.3) is 0 Å². The Morgan fingerprint density at radius 2 is 1.87 bits per heavy atom. The molecule has 2 amide bonds.